The van der Waals surface area contributed by atoms with Gasteiger partial charge in [0.25, 0.3) is 0 Å². The number of hydrogen-bond donors (Lipinski definition) is 2. The van der Waals surface area contributed by atoms with Crippen molar-refractivity contribution in [2.24, 2.45) is 0 Å². The molecular weight excluding hydrogens is 338 g/mol. The molecule has 0 aliphatic carbocycles. The van der Waals surface area contributed by atoms with Crippen LogP contribution in [0.3, 0.4) is 0 Å². The number of anilines is 3. The Kier molecular flexibility index (Phi) is 5.30. The van der Waals surface area contributed by atoms with Gasteiger partial charge in [-0.15, -0.1) is 5.10 Å². The molecule has 0 amide bonds. The first kappa shape index (κ1) is 17.0. The molecule has 0 fully saturated rings. The van der Waals surface area contributed by atoms with Crippen molar-refractivity contribution < 1.29 is 4.74 Å². The fourth-order valence-electron chi connectivity index (χ4n) is 2.24. The first-order valence-electron chi connectivity index (χ1n) is 7.74. The molecule has 0 bridgehead atoms. The summed E-state index contributed by atoms with van der Waals surface area (Å²) in [5.41, 5.74) is 2.93. The molecule has 0 atom stereocenters. The third-order valence-corrected chi connectivity index (χ3v) is 4.11. The molecular formula is C18H18ClN5O. The van der Waals surface area contributed by atoms with E-state index in [9.17, 15) is 0 Å². The molecule has 128 valence electrons. The summed E-state index contributed by atoms with van der Waals surface area (Å²) in [5.74, 6) is 1.86. The van der Waals surface area contributed by atoms with Gasteiger partial charge in [-0.3, -0.25) is 0 Å². The first-order chi connectivity index (χ1) is 12.2. The molecule has 3 aromatic rings. The minimum Gasteiger partial charge on any atom is -0.497 e. The molecule has 3 rings (SSSR count). The van der Waals surface area contributed by atoms with Crippen molar-refractivity contribution in [3.63, 3.8) is 0 Å². The molecule has 1 aromatic heterocycles. The number of rotatable bonds is 6. The van der Waals surface area contributed by atoms with Crippen molar-refractivity contribution in [3.05, 3.63) is 64.8 Å². The Bertz CT molecular complexity index is 854. The van der Waals surface area contributed by atoms with Gasteiger partial charge in [-0.25, -0.2) is 0 Å². The lowest BCUT2D eigenvalue weighted by molar-refractivity contribution is 0.414. The van der Waals surface area contributed by atoms with Gasteiger partial charge in [0.15, 0.2) is 5.82 Å². The number of ether oxygens (including phenoxy) is 1. The Labute approximate surface area is 151 Å². The number of benzene rings is 2. The summed E-state index contributed by atoms with van der Waals surface area (Å²) in [6.07, 6.45) is 1.57. The quantitative estimate of drug-likeness (QED) is 0.690. The predicted molar refractivity (Wildman–Crippen MR) is 99.6 cm³/mol. The van der Waals surface area contributed by atoms with Gasteiger partial charge in [0.1, 0.15) is 5.75 Å². The molecule has 7 heteroatoms. The van der Waals surface area contributed by atoms with Gasteiger partial charge >= 0.3 is 0 Å². The molecule has 0 aliphatic heterocycles. The smallest absolute Gasteiger partial charge is 0.244 e. The Hall–Kier alpha value is -2.86. The molecule has 25 heavy (non-hydrogen) atoms. The van der Waals surface area contributed by atoms with E-state index in [1.165, 1.54) is 0 Å². The molecule has 0 radical (unpaired) electrons. The van der Waals surface area contributed by atoms with Crippen LogP contribution < -0.4 is 15.4 Å². The van der Waals surface area contributed by atoms with Gasteiger partial charge in [0.05, 0.1) is 13.3 Å². The van der Waals surface area contributed by atoms with Gasteiger partial charge in [-0.05, 0) is 42.3 Å². The molecule has 2 aromatic carbocycles. The number of nitrogens with one attached hydrogen (secondary N) is 2. The molecule has 0 saturated carbocycles. The number of halogens is 1. The predicted octanol–water partition coefficient (Wildman–Crippen LogP) is 4.20. The standard InChI is InChI=1S/C18H18ClN5O/c1-12-15(19)4-3-5-16(12)22-17-11-21-24-18(23-17)20-10-13-6-8-14(25-2)9-7-13/h3-9,11H,10H2,1-2H3,(H2,20,22,23,24). The zero-order valence-corrected chi connectivity index (χ0v) is 14.7. The first-order valence-corrected chi connectivity index (χ1v) is 8.12. The van der Waals surface area contributed by atoms with E-state index in [1.54, 1.807) is 13.3 Å². The largest absolute Gasteiger partial charge is 0.497 e. The number of nitrogens with zero attached hydrogens (tertiary/aromatic N) is 3. The maximum absolute atomic E-state index is 6.14. The highest BCUT2D eigenvalue weighted by atomic mass is 35.5. The van der Waals surface area contributed by atoms with Gasteiger partial charge < -0.3 is 15.4 Å². The van der Waals surface area contributed by atoms with Crippen LogP contribution in [-0.4, -0.2) is 22.3 Å². The Balaban J connectivity index is 1.67. The summed E-state index contributed by atoms with van der Waals surface area (Å²) in [5, 5.41) is 15.1. The van der Waals surface area contributed by atoms with Gasteiger partial charge in [0, 0.05) is 17.3 Å². The molecule has 0 saturated heterocycles. The van der Waals surface area contributed by atoms with Crippen molar-refractivity contribution in [2.75, 3.05) is 17.7 Å². The number of methoxy groups -OCH3 is 1. The highest BCUT2D eigenvalue weighted by Gasteiger charge is 2.05. The van der Waals surface area contributed by atoms with E-state index in [1.807, 2.05) is 49.4 Å². The lowest BCUT2D eigenvalue weighted by Crippen LogP contribution is -2.06. The van der Waals surface area contributed by atoms with Crippen molar-refractivity contribution >= 4 is 29.1 Å². The summed E-state index contributed by atoms with van der Waals surface area (Å²) in [7, 11) is 1.65. The van der Waals surface area contributed by atoms with E-state index in [0.717, 1.165) is 22.6 Å². The Morgan fingerprint density at radius 3 is 2.68 bits per heavy atom. The maximum Gasteiger partial charge on any atom is 0.244 e. The maximum atomic E-state index is 6.14. The average molecular weight is 356 g/mol. The normalized spacial score (nSPS) is 10.4. The molecule has 1 heterocycles. The highest BCUT2D eigenvalue weighted by molar-refractivity contribution is 6.31. The monoisotopic (exact) mass is 355 g/mol. The Morgan fingerprint density at radius 2 is 1.92 bits per heavy atom. The molecule has 0 spiro atoms. The summed E-state index contributed by atoms with van der Waals surface area (Å²) < 4.78 is 5.15. The summed E-state index contributed by atoms with van der Waals surface area (Å²) >= 11 is 6.14. The zero-order valence-electron chi connectivity index (χ0n) is 14.0. The average Bonchev–Trinajstić information content (AvgIpc) is 2.64. The van der Waals surface area contributed by atoms with Crippen LogP contribution >= 0.6 is 11.6 Å². The molecule has 0 aliphatic rings. The summed E-state index contributed by atoms with van der Waals surface area (Å²) in [6.45, 7) is 2.54. The van der Waals surface area contributed by atoms with Crippen molar-refractivity contribution in [1.29, 1.82) is 0 Å². The third-order valence-electron chi connectivity index (χ3n) is 3.70. The van der Waals surface area contributed by atoms with Crippen LogP contribution in [0, 0.1) is 6.92 Å². The molecule has 6 nitrogen and oxygen atoms in total. The van der Waals surface area contributed by atoms with E-state index >= 15 is 0 Å². The minimum absolute atomic E-state index is 0.445. The van der Waals surface area contributed by atoms with E-state index in [2.05, 4.69) is 25.8 Å². The van der Waals surface area contributed by atoms with Crippen LogP contribution in [0.4, 0.5) is 17.5 Å². The van der Waals surface area contributed by atoms with Gasteiger partial charge in [-0.1, -0.05) is 29.8 Å². The second-order valence-corrected chi connectivity index (χ2v) is 5.81. The van der Waals surface area contributed by atoms with E-state index in [0.29, 0.717) is 23.3 Å². The van der Waals surface area contributed by atoms with Crippen LogP contribution in [0.5, 0.6) is 5.75 Å². The zero-order chi connectivity index (χ0) is 17.6. The van der Waals surface area contributed by atoms with E-state index in [4.69, 9.17) is 16.3 Å². The van der Waals surface area contributed by atoms with E-state index < -0.39 is 0 Å². The highest BCUT2D eigenvalue weighted by Crippen LogP contribution is 2.25. The van der Waals surface area contributed by atoms with Crippen LogP contribution in [0.25, 0.3) is 0 Å². The fraction of sp³-hybridized carbons (Fsp3) is 0.167. The van der Waals surface area contributed by atoms with Gasteiger partial charge in [-0.2, -0.15) is 10.1 Å². The number of aromatic nitrogens is 3. The molecule has 0 unspecified atom stereocenters. The number of hydrogen-bond acceptors (Lipinski definition) is 6. The Morgan fingerprint density at radius 1 is 1.12 bits per heavy atom. The van der Waals surface area contributed by atoms with E-state index in [-0.39, 0.29) is 0 Å². The van der Waals surface area contributed by atoms with Crippen molar-refractivity contribution in [2.45, 2.75) is 13.5 Å². The van der Waals surface area contributed by atoms with Crippen LogP contribution in [-0.2, 0) is 6.54 Å². The lowest BCUT2D eigenvalue weighted by atomic mass is 10.2. The second kappa shape index (κ2) is 7.81. The SMILES string of the molecule is COc1ccc(CNc2nncc(Nc3cccc(Cl)c3C)n2)cc1. The van der Waals surface area contributed by atoms with Crippen molar-refractivity contribution in [3.8, 4) is 5.75 Å². The second-order valence-electron chi connectivity index (χ2n) is 5.40. The molecule has 2 N–H and O–H groups in total. The summed E-state index contributed by atoms with van der Waals surface area (Å²) in [4.78, 5) is 4.42. The van der Waals surface area contributed by atoms with Crippen LogP contribution in [0.1, 0.15) is 11.1 Å². The van der Waals surface area contributed by atoms with Crippen molar-refractivity contribution in [1.82, 2.24) is 15.2 Å². The lowest BCUT2D eigenvalue weighted by Gasteiger charge is -2.10. The topological polar surface area (TPSA) is 72.0 Å². The fourth-order valence-corrected chi connectivity index (χ4v) is 2.42. The summed E-state index contributed by atoms with van der Waals surface area (Å²) in [6, 6.07) is 13.5. The van der Waals surface area contributed by atoms with Crippen LogP contribution in [0.15, 0.2) is 48.7 Å². The minimum atomic E-state index is 0.445. The van der Waals surface area contributed by atoms with Crippen LogP contribution in [0.2, 0.25) is 5.02 Å². The third kappa shape index (κ3) is 4.36. The van der Waals surface area contributed by atoms with Gasteiger partial charge in [0.2, 0.25) is 5.95 Å².